The molecule has 106 valence electrons. The first-order chi connectivity index (χ1) is 9.29. The second-order valence-corrected chi connectivity index (χ2v) is 5.78. The van der Waals surface area contributed by atoms with Crippen LogP contribution in [-0.2, 0) is 0 Å². The summed E-state index contributed by atoms with van der Waals surface area (Å²) in [5.41, 5.74) is 1.16. The van der Waals surface area contributed by atoms with E-state index in [9.17, 15) is 4.39 Å². The number of hydrogen-bond acceptors (Lipinski definition) is 1. The van der Waals surface area contributed by atoms with Gasteiger partial charge in [-0.2, -0.15) is 0 Å². The SMILES string of the molecule is CCCCCCC(CNC1CC1)c1cccc(F)c1. The molecule has 1 N–H and O–H groups in total. The van der Waals surface area contributed by atoms with Gasteiger partial charge in [-0.15, -0.1) is 0 Å². The molecule has 1 fully saturated rings. The molecule has 1 aromatic carbocycles. The second kappa shape index (κ2) is 7.64. The van der Waals surface area contributed by atoms with Crippen molar-refractivity contribution in [2.24, 2.45) is 0 Å². The maximum absolute atomic E-state index is 13.4. The number of rotatable bonds is 9. The van der Waals surface area contributed by atoms with Crippen molar-refractivity contribution in [1.82, 2.24) is 5.32 Å². The first-order valence-electron chi connectivity index (χ1n) is 7.78. The minimum atomic E-state index is -0.109. The highest BCUT2D eigenvalue weighted by Crippen LogP contribution is 2.25. The average molecular weight is 263 g/mol. The van der Waals surface area contributed by atoms with Crippen LogP contribution in [0.2, 0.25) is 0 Å². The standard InChI is InChI=1S/C17H26FN/c1-2-3-4-5-7-15(13-19-17-10-11-17)14-8-6-9-16(18)12-14/h6,8-9,12,15,17,19H,2-5,7,10-11,13H2,1H3. The number of nitrogens with one attached hydrogen (secondary N) is 1. The summed E-state index contributed by atoms with van der Waals surface area (Å²) in [4.78, 5) is 0. The largest absolute Gasteiger partial charge is 0.313 e. The Morgan fingerprint density at radius 3 is 2.79 bits per heavy atom. The fourth-order valence-electron chi connectivity index (χ4n) is 2.56. The van der Waals surface area contributed by atoms with Crippen molar-refractivity contribution in [1.29, 1.82) is 0 Å². The van der Waals surface area contributed by atoms with Gasteiger partial charge in [-0.1, -0.05) is 44.7 Å². The third-order valence-corrected chi connectivity index (χ3v) is 3.96. The average Bonchev–Trinajstić information content (AvgIpc) is 3.22. The van der Waals surface area contributed by atoms with Crippen LogP contribution in [0.15, 0.2) is 24.3 Å². The van der Waals surface area contributed by atoms with Gasteiger partial charge in [-0.3, -0.25) is 0 Å². The van der Waals surface area contributed by atoms with E-state index in [1.54, 1.807) is 6.07 Å². The van der Waals surface area contributed by atoms with Crippen molar-refractivity contribution in [3.05, 3.63) is 35.6 Å². The lowest BCUT2D eigenvalue weighted by molar-refractivity contribution is 0.509. The second-order valence-electron chi connectivity index (χ2n) is 5.78. The van der Waals surface area contributed by atoms with Crippen molar-refractivity contribution in [2.75, 3.05) is 6.54 Å². The molecule has 0 saturated heterocycles. The van der Waals surface area contributed by atoms with E-state index in [1.165, 1.54) is 51.0 Å². The highest BCUT2D eigenvalue weighted by Gasteiger charge is 2.22. The monoisotopic (exact) mass is 263 g/mol. The van der Waals surface area contributed by atoms with Crippen molar-refractivity contribution >= 4 is 0 Å². The molecule has 0 heterocycles. The van der Waals surface area contributed by atoms with Crippen LogP contribution in [0.1, 0.15) is 63.4 Å². The van der Waals surface area contributed by atoms with E-state index in [2.05, 4.69) is 18.3 Å². The first kappa shape index (κ1) is 14.5. The molecular weight excluding hydrogens is 237 g/mol. The summed E-state index contributed by atoms with van der Waals surface area (Å²) in [5.74, 6) is 0.357. The third-order valence-electron chi connectivity index (χ3n) is 3.96. The zero-order chi connectivity index (χ0) is 13.5. The van der Waals surface area contributed by atoms with Gasteiger partial charge in [-0.25, -0.2) is 4.39 Å². The zero-order valence-corrected chi connectivity index (χ0v) is 12.0. The molecule has 1 saturated carbocycles. The van der Waals surface area contributed by atoms with Crippen LogP contribution in [0.25, 0.3) is 0 Å². The Kier molecular flexibility index (Phi) is 5.84. The molecule has 0 radical (unpaired) electrons. The first-order valence-corrected chi connectivity index (χ1v) is 7.78. The van der Waals surface area contributed by atoms with Crippen LogP contribution < -0.4 is 5.32 Å². The van der Waals surface area contributed by atoms with Gasteiger partial charge in [0.05, 0.1) is 0 Å². The Balaban J connectivity index is 1.87. The topological polar surface area (TPSA) is 12.0 Å². The molecule has 0 bridgehead atoms. The van der Waals surface area contributed by atoms with Crippen molar-refractivity contribution < 1.29 is 4.39 Å². The summed E-state index contributed by atoms with van der Waals surface area (Å²) in [6.45, 7) is 3.24. The van der Waals surface area contributed by atoms with E-state index in [0.29, 0.717) is 5.92 Å². The van der Waals surface area contributed by atoms with Crippen molar-refractivity contribution in [3.63, 3.8) is 0 Å². The van der Waals surface area contributed by atoms with Gasteiger partial charge in [-0.05, 0) is 42.9 Å². The Labute approximate surface area is 116 Å². The van der Waals surface area contributed by atoms with E-state index < -0.39 is 0 Å². The molecular formula is C17H26FN. The lowest BCUT2D eigenvalue weighted by Gasteiger charge is -2.18. The highest BCUT2D eigenvalue weighted by atomic mass is 19.1. The van der Waals surface area contributed by atoms with Crippen LogP contribution in [0.5, 0.6) is 0 Å². The van der Waals surface area contributed by atoms with Gasteiger partial charge >= 0.3 is 0 Å². The van der Waals surface area contributed by atoms with Crippen LogP contribution in [-0.4, -0.2) is 12.6 Å². The Hall–Kier alpha value is -0.890. The van der Waals surface area contributed by atoms with Crippen LogP contribution in [0, 0.1) is 5.82 Å². The maximum atomic E-state index is 13.4. The lowest BCUT2D eigenvalue weighted by Crippen LogP contribution is -2.23. The zero-order valence-electron chi connectivity index (χ0n) is 12.0. The fourth-order valence-corrected chi connectivity index (χ4v) is 2.56. The predicted octanol–water partition coefficient (Wildman–Crippen LogP) is 4.63. The maximum Gasteiger partial charge on any atom is 0.123 e. The molecule has 1 atom stereocenters. The minimum absolute atomic E-state index is 0.109. The molecule has 0 aromatic heterocycles. The van der Waals surface area contributed by atoms with Crippen LogP contribution in [0.4, 0.5) is 4.39 Å². The number of unbranched alkanes of at least 4 members (excludes halogenated alkanes) is 3. The van der Waals surface area contributed by atoms with Crippen LogP contribution in [0.3, 0.4) is 0 Å². The van der Waals surface area contributed by atoms with E-state index in [1.807, 2.05) is 6.07 Å². The lowest BCUT2D eigenvalue weighted by atomic mass is 9.92. The molecule has 0 spiro atoms. The molecule has 1 nitrogen and oxygen atoms in total. The normalized spacial score (nSPS) is 16.5. The predicted molar refractivity (Wildman–Crippen MR) is 78.9 cm³/mol. The van der Waals surface area contributed by atoms with E-state index >= 15 is 0 Å². The summed E-state index contributed by atoms with van der Waals surface area (Å²) < 4.78 is 13.4. The van der Waals surface area contributed by atoms with Gasteiger partial charge in [0.1, 0.15) is 5.82 Å². The Morgan fingerprint density at radius 2 is 2.11 bits per heavy atom. The smallest absolute Gasteiger partial charge is 0.123 e. The summed E-state index contributed by atoms with van der Waals surface area (Å²) in [7, 11) is 0. The highest BCUT2D eigenvalue weighted by molar-refractivity contribution is 5.21. The minimum Gasteiger partial charge on any atom is -0.313 e. The van der Waals surface area contributed by atoms with Crippen molar-refractivity contribution in [3.8, 4) is 0 Å². The van der Waals surface area contributed by atoms with Gasteiger partial charge in [0.15, 0.2) is 0 Å². The van der Waals surface area contributed by atoms with Gasteiger partial charge in [0.25, 0.3) is 0 Å². The van der Waals surface area contributed by atoms with Crippen molar-refractivity contribution in [2.45, 2.75) is 63.8 Å². The summed E-state index contributed by atoms with van der Waals surface area (Å²) in [5, 5.41) is 3.59. The molecule has 1 unspecified atom stereocenters. The number of hydrogen-bond donors (Lipinski definition) is 1. The molecule has 2 rings (SSSR count). The summed E-state index contributed by atoms with van der Waals surface area (Å²) in [6.07, 6.45) is 8.92. The molecule has 2 heteroatoms. The fraction of sp³-hybridized carbons (Fsp3) is 0.647. The molecule has 1 aliphatic rings. The van der Waals surface area contributed by atoms with Crippen LogP contribution >= 0.6 is 0 Å². The molecule has 0 aliphatic heterocycles. The van der Waals surface area contributed by atoms with E-state index in [4.69, 9.17) is 0 Å². The van der Waals surface area contributed by atoms with Gasteiger partial charge in [0, 0.05) is 12.6 Å². The number of benzene rings is 1. The van der Waals surface area contributed by atoms with Gasteiger partial charge in [0.2, 0.25) is 0 Å². The van der Waals surface area contributed by atoms with Gasteiger partial charge < -0.3 is 5.32 Å². The number of halogens is 1. The Bertz CT molecular complexity index is 373. The quantitative estimate of drug-likeness (QED) is 0.640. The summed E-state index contributed by atoms with van der Waals surface area (Å²) in [6, 6.07) is 7.88. The van der Waals surface area contributed by atoms with E-state index in [0.717, 1.165) is 18.2 Å². The molecule has 0 amide bonds. The Morgan fingerprint density at radius 1 is 1.26 bits per heavy atom. The van der Waals surface area contributed by atoms with E-state index in [-0.39, 0.29) is 5.82 Å². The molecule has 1 aromatic rings. The molecule has 1 aliphatic carbocycles. The summed E-state index contributed by atoms with van der Waals surface area (Å²) >= 11 is 0. The third kappa shape index (κ3) is 5.32. The molecule has 19 heavy (non-hydrogen) atoms.